The normalized spacial score (nSPS) is 12.2. The van der Waals surface area contributed by atoms with Gasteiger partial charge < -0.3 is 10.5 Å². The SMILES string of the molecule is COc1cc(S(=O)(=O)c2ccc3ccccc3c2S(=O)(=O)O)ccc1N. The zero-order valence-corrected chi connectivity index (χ0v) is 15.2. The average molecular weight is 393 g/mol. The minimum atomic E-state index is -4.81. The quantitative estimate of drug-likeness (QED) is 0.515. The maximum atomic E-state index is 13.1. The van der Waals surface area contributed by atoms with Crippen LogP contribution in [0, 0.1) is 0 Å². The number of benzene rings is 3. The Morgan fingerprint density at radius 1 is 0.962 bits per heavy atom. The van der Waals surface area contributed by atoms with Crippen LogP contribution in [0.15, 0.2) is 69.3 Å². The summed E-state index contributed by atoms with van der Waals surface area (Å²) in [5, 5.41) is 0.590. The predicted molar refractivity (Wildman–Crippen MR) is 96.6 cm³/mol. The van der Waals surface area contributed by atoms with Gasteiger partial charge in [0.2, 0.25) is 9.84 Å². The van der Waals surface area contributed by atoms with Gasteiger partial charge in [0, 0.05) is 11.5 Å². The van der Waals surface area contributed by atoms with Gasteiger partial charge in [0.1, 0.15) is 10.6 Å². The Kier molecular flexibility index (Phi) is 4.39. The number of methoxy groups -OCH3 is 1. The number of fused-ring (bicyclic) bond motifs is 1. The number of rotatable bonds is 4. The van der Waals surface area contributed by atoms with E-state index in [0.29, 0.717) is 5.39 Å². The fourth-order valence-electron chi connectivity index (χ4n) is 2.69. The Morgan fingerprint density at radius 2 is 1.65 bits per heavy atom. The van der Waals surface area contributed by atoms with Crippen LogP contribution in [0.4, 0.5) is 5.69 Å². The third-order valence-electron chi connectivity index (χ3n) is 3.91. The molecule has 0 aromatic heterocycles. The smallest absolute Gasteiger partial charge is 0.296 e. The second kappa shape index (κ2) is 6.27. The molecular weight excluding hydrogens is 378 g/mol. The predicted octanol–water partition coefficient (Wildman–Crippen LogP) is 2.51. The molecule has 0 heterocycles. The van der Waals surface area contributed by atoms with Gasteiger partial charge in [-0.3, -0.25) is 4.55 Å². The Bertz CT molecular complexity index is 1220. The van der Waals surface area contributed by atoms with E-state index < -0.39 is 29.7 Å². The minimum absolute atomic E-state index is 0.110. The monoisotopic (exact) mass is 393 g/mol. The van der Waals surface area contributed by atoms with Crippen molar-refractivity contribution in [1.82, 2.24) is 0 Å². The van der Waals surface area contributed by atoms with E-state index in [1.54, 1.807) is 18.2 Å². The van der Waals surface area contributed by atoms with Gasteiger partial charge in [-0.1, -0.05) is 30.3 Å². The molecule has 0 amide bonds. The van der Waals surface area contributed by atoms with Crippen LogP contribution in [-0.2, 0) is 20.0 Å². The summed E-state index contributed by atoms with van der Waals surface area (Å²) < 4.78 is 64.8. The van der Waals surface area contributed by atoms with Crippen molar-refractivity contribution in [1.29, 1.82) is 0 Å². The van der Waals surface area contributed by atoms with Crippen LogP contribution in [0.2, 0.25) is 0 Å². The van der Waals surface area contributed by atoms with Gasteiger partial charge in [-0.05, 0) is 23.6 Å². The summed E-state index contributed by atoms with van der Waals surface area (Å²) in [7, 11) is -7.74. The van der Waals surface area contributed by atoms with Crippen molar-refractivity contribution in [3.05, 3.63) is 54.6 Å². The lowest BCUT2D eigenvalue weighted by Crippen LogP contribution is -2.11. The van der Waals surface area contributed by atoms with E-state index in [1.165, 1.54) is 37.4 Å². The lowest BCUT2D eigenvalue weighted by Gasteiger charge is -2.13. The number of sulfone groups is 1. The molecule has 0 saturated heterocycles. The van der Waals surface area contributed by atoms with Crippen LogP contribution in [0.5, 0.6) is 5.75 Å². The number of nitrogen functional groups attached to an aromatic ring is 1. The van der Waals surface area contributed by atoms with Crippen LogP contribution in [0.25, 0.3) is 10.8 Å². The van der Waals surface area contributed by atoms with E-state index in [1.807, 2.05) is 0 Å². The average Bonchev–Trinajstić information content (AvgIpc) is 2.60. The molecule has 0 bridgehead atoms. The van der Waals surface area contributed by atoms with Crippen molar-refractivity contribution in [2.75, 3.05) is 12.8 Å². The molecule has 0 unspecified atom stereocenters. The van der Waals surface area contributed by atoms with E-state index in [0.717, 1.165) is 6.07 Å². The van der Waals surface area contributed by atoms with Crippen LogP contribution >= 0.6 is 0 Å². The molecule has 0 saturated carbocycles. The highest BCUT2D eigenvalue weighted by Crippen LogP contribution is 2.35. The minimum Gasteiger partial charge on any atom is -0.495 e. The molecule has 9 heteroatoms. The molecule has 0 atom stereocenters. The molecule has 0 fully saturated rings. The molecule has 26 heavy (non-hydrogen) atoms. The maximum absolute atomic E-state index is 13.1. The highest BCUT2D eigenvalue weighted by molar-refractivity contribution is 7.93. The summed E-state index contributed by atoms with van der Waals surface area (Å²) in [6.45, 7) is 0. The first kappa shape index (κ1) is 18.2. The van der Waals surface area contributed by atoms with Crippen molar-refractivity contribution in [3.63, 3.8) is 0 Å². The standard InChI is InChI=1S/C17H15NO6S2/c1-24-15-10-12(7-8-14(15)18)25(19,20)16-9-6-11-4-2-3-5-13(11)17(16)26(21,22)23/h2-10H,18H2,1H3,(H,21,22,23). The molecule has 7 nitrogen and oxygen atoms in total. The van der Waals surface area contributed by atoms with Crippen molar-refractivity contribution in [3.8, 4) is 5.75 Å². The molecule has 3 rings (SSSR count). The third kappa shape index (κ3) is 3.00. The first-order valence-electron chi connectivity index (χ1n) is 7.34. The summed E-state index contributed by atoms with van der Waals surface area (Å²) in [6, 6.07) is 12.7. The summed E-state index contributed by atoms with van der Waals surface area (Å²) in [5.41, 5.74) is 5.94. The van der Waals surface area contributed by atoms with E-state index in [9.17, 15) is 21.4 Å². The fraction of sp³-hybridized carbons (Fsp3) is 0.0588. The molecular formula is C17H15NO6S2. The Labute approximate surface area is 150 Å². The number of hydrogen-bond donors (Lipinski definition) is 2. The van der Waals surface area contributed by atoms with Crippen LogP contribution < -0.4 is 10.5 Å². The molecule has 3 N–H and O–H groups in total. The first-order valence-corrected chi connectivity index (χ1v) is 10.3. The molecule has 136 valence electrons. The van der Waals surface area contributed by atoms with Crippen molar-refractivity contribution < 1.29 is 26.1 Å². The lowest BCUT2D eigenvalue weighted by atomic mass is 10.1. The number of nitrogens with two attached hydrogens (primary N) is 1. The van der Waals surface area contributed by atoms with E-state index in [-0.39, 0.29) is 21.7 Å². The molecule has 0 spiro atoms. The third-order valence-corrected chi connectivity index (χ3v) is 6.78. The zero-order valence-electron chi connectivity index (χ0n) is 13.6. The van der Waals surface area contributed by atoms with Crippen molar-refractivity contribution >= 4 is 36.4 Å². The Balaban J connectivity index is 2.38. The van der Waals surface area contributed by atoms with E-state index in [2.05, 4.69) is 0 Å². The molecule has 3 aromatic rings. The maximum Gasteiger partial charge on any atom is 0.296 e. The molecule has 0 aliphatic rings. The number of ether oxygens (including phenoxy) is 1. The van der Waals surface area contributed by atoms with Gasteiger partial charge in [0.05, 0.1) is 22.6 Å². The van der Waals surface area contributed by atoms with Gasteiger partial charge in [-0.25, -0.2) is 8.42 Å². The highest BCUT2D eigenvalue weighted by Gasteiger charge is 2.29. The molecule has 3 aromatic carbocycles. The summed E-state index contributed by atoms with van der Waals surface area (Å²) in [5.74, 6) is 0.139. The topological polar surface area (TPSA) is 124 Å². The molecule has 0 aliphatic heterocycles. The van der Waals surface area contributed by atoms with E-state index >= 15 is 0 Å². The first-order chi connectivity index (χ1) is 12.2. The summed E-state index contributed by atoms with van der Waals surface area (Å²) in [6.07, 6.45) is 0. The Hall–Kier alpha value is -2.62. The van der Waals surface area contributed by atoms with Crippen molar-refractivity contribution in [2.45, 2.75) is 14.7 Å². The van der Waals surface area contributed by atoms with Crippen LogP contribution in [0.1, 0.15) is 0 Å². The largest absolute Gasteiger partial charge is 0.495 e. The summed E-state index contributed by atoms with van der Waals surface area (Å²) in [4.78, 5) is -1.39. The van der Waals surface area contributed by atoms with Crippen LogP contribution in [0.3, 0.4) is 0 Å². The molecule has 0 radical (unpaired) electrons. The van der Waals surface area contributed by atoms with E-state index in [4.69, 9.17) is 10.5 Å². The number of hydrogen-bond acceptors (Lipinski definition) is 6. The Morgan fingerprint density at radius 3 is 2.31 bits per heavy atom. The van der Waals surface area contributed by atoms with Gasteiger partial charge >= 0.3 is 0 Å². The number of anilines is 1. The van der Waals surface area contributed by atoms with Crippen molar-refractivity contribution in [2.24, 2.45) is 0 Å². The highest BCUT2D eigenvalue weighted by atomic mass is 32.2. The second-order valence-corrected chi connectivity index (χ2v) is 8.77. The van der Waals surface area contributed by atoms with Crippen LogP contribution in [-0.4, -0.2) is 28.5 Å². The van der Waals surface area contributed by atoms with Gasteiger partial charge in [0.25, 0.3) is 10.1 Å². The lowest BCUT2D eigenvalue weighted by molar-refractivity contribution is 0.415. The summed E-state index contributed by atoms with van der Waals surface area (Å²) >= 11 is 0. The fourth-order valence-corrected chi connectivity index (χ4v) is 5.48. The molecule has 0 aliphatic carbocycles. The zero-order chi connectivity index (χ0) is 19.1. The van der Waals surface area contributed by atoms with Gasteiger partial charge in [-0.15, -0.1) is 0 Å². The van der Waals surface area contributed by atoms with Gasteiger partial charge in [0.15, 0.2) is 0 Å². The van der Waals surface area contributed by atoms with Gasteiger partial charge in [-0.2, -0.15) is 8.42 Å². The second-order valence-electron chi connectivity index (χ2n) is 5.50.